The van der Waals surface area contributed by atoms with Gasteiger partial charge in [-0.05, 0) is 19.1 Å². The molecule has 1 aromatic heterocycles. The summed E-state index contributed by atoms with van der Waals surface area (Å²) in [5.74, 6) is 0.363. The topological polar surface area (TPSA) is 45.7 Å². The molecule has 1 amide bonds. The van der Waals surface area contributed by atoms with Crippen LogP contribution in [0.15, 0.2) is 12.1 Å². The maximum atomic E-state index is 12.6. The van der Waals surface area contributed by atoms with Crippen molar-refractivity contribution in [1.29, 1.82) is 0 Å². The molecule has 1 aromatic rings. The quantitative estimate of drug-likeness (QED) is 0.778. The molecule has 9 heteroatoms. The Morgan fingerprint density at radius 3 is 2.45 bits per heavy atom. The van der Waals surface area contributed by atoms with E-state index in [9.17, 15) is 18.0 Å². The number of carbonyl (C=O) groups is 1. The standard InChI is InChI=1S/C13H15ClF3N3O2/c1-2-22-12(21)20-7-5-19(6-8-20)10-4-3-9(11(14)18-10)13(15,16)17/h3-4H,2,5-8H2,1H3. The summed E-state index contributed by atoms with van der Waals surface area (Å²) in [6.45, 7) is 3.76. The molecule has 2 rings (SSSR count). The Labute approximate surface area is 130 Å². The number of alkyl halides is 3. The fourth-order valence-corrected chi connectivity index (χ4v) is 2.40. The van der Waals surface area contributed by atoms with Crippen LogP contribution in [0.1, 0.15) is 12.5 Å². The first kappa shape index (κ1) is 16.7. The Hall–Kier alpha value is -1.70. The summed E-state index contributed by atoms with van der Waals surface area (Å²) in [5, 5.41) is -0.571. The lowest BCUT2D eigenvalue weighted by molar-refractivity contribution is -0.137. The van der Waals surface area contributed by atoms with Crippen molar-refractivity contribution in [1.82, 2.24) is 9.88 Å². The predicted molar refractivity (Wildman–Crippen MR) is 75.1 cm³/mol. The van der Waals surface area contributed by atoms with Crippen LogP contribution in [0, 0.1) is 0 Å². The Balaban J connectivity index is 2.03. The number of nitrogens with zero attached hydrogens (tertiary/aromatic N) is 3. The third-order valence-electron chi connectivity index (χ3n) is 3.27. The molecule has 0 aromatic carbocycles. The summed E-state index contributed by atoms with van der Waals surface area (Å²) in [4.78, 5) is 18.7. The second-order valence-corrected chi connectivity index (χ2v) is 5.04. The van der Waals surface area contributed by atoms with Crippen molar-refractivity contribution in [3.05, 3.63) is 22.8 Å². The first-order valence-corrected chi connectivity index (χ1v) is 7.11. The molecule has 22 heavy (non-hydrogen) atoms. The molecule has 2 heterocycles. The van der Waals surface area contributed by atoms with E-state index in [1.54, 1.807) is 16.7 Å². The number of rotatable bonds is 2. The summed E-state index contributed by atoms with van der Waals surface area (Å²) < 4.78 is 42.8. The van der Waals surface area contributed by atoms with Gasteiger partial charge in [0.25, 0.3) is 0 Å². The van der Waals surface area contributed by atoms with Gasteiger partial charge in [0, 0.05) is 26.2 Å². The normalized spacial score (nSPS) is 15.9. The Bertz CT molecular complexity index is 546. The van der Waals surface area contributed by atoms with Crippen molar-refractivity contribution in [3.8, 4) is 0 Å². The number of ether oxygens (including phenoxy) is 1. The van der Waals surface area contributed by atoms with Gasteiger partial charge in [0.1, 0.15) is 11.0 Å². The van der Waals surface area contributed by atoms with E-state index in [0.717, 1.165) is 6.07 Å². The maximum absolute atomic E-state index is 12.6. The molecule has 0 bridgehead atoms. The summed E-state index contributed by atoms with van der Waals surface area (Å²) in [7, 11) is 0. The second kappa shape index (κ2) is 6.60. The summed E-state index contributed by atoms with van der Waals surface area (Å²) in [6, 6.07) is 2.21. The molecule has 1 fully saturated rings. The molecule has 0 spiro atoms. The fraction of sp³-hybridized carbons (Fsp3) is 0.538. The van der Waals surface area contributed by atoms with Crippen molar-refractivity contribution in [2.45, 2.75) is 13.1 Å². The van der Waals surface area contributed by atoms with Gasteiger partial charge >= 0.3 is 12.3 Å². The summed E-state index contributed by atoms with van der Waals surface area (Å²) in [6.07, 6.45) is -4.91. The molecule has 122 valence electrons. The van der Waals surface area contributed by atoms with E-state index < -0.39 is 16.9 Å². The van der Waals surface area contributed by atoms with E-state index in [1.165, 1.54) is 6.07 Å². The van der Waals surface area contributed by atoms with Gasteiger partial charge in [-0.15, -0.1) is 0 Å². The number of amides is 1. The molecule has 0 aliphatic carbocycles. The molecule has 0 unspecified atom stereocenters. The number of hydrogen-bond acceptors (Lipinski definition) is 4. The van der Waals surface area contributed by atoms with Crippen LogP contribution in [-0.2, 0) is 10.9 Å². The van der Waals surface area contributed by atoms with E-state index in [2.05, 4.69) is 4.98 Å². The van der Waals surface area contributed by atoms with Crippen molar-refractivity contribution < 1.29 is 22.7 Å². The molecule has 0 atom stereocenters. The van der Waals surface area contributed by atoms with Gasteiger partial charge in [-0.3, -0.25) is 0 Å². The van der Waals surface area contributed by atoms with Crippen LogP contribution >= 0.6 is 11.6 Å². The van der Waals surface area contributed by atoms with Gasteiger partial charge < -0.3 is 14.5 Å². The van der Waals surface area contributed by atoms with Crippen LogP contribution in [0.3, 0.4) is 0 Å². The zero-order valence-electron chi connectivity index (χ0n) is 11.9. The van der Waals surface area contributed by atoms with Crippen LogP contribution in [0.2, 0.25) is 5.15 Å². The number of aromatic nitrogens is 1. The average Bonchev–Trinajstić information content (AvgIpc) is 2.46. The SMILES string of the molecule is CCOC(=O)N1CCN(c2ccc(C(F)(F)F)c(Cl)n2)CC1. The maximum Gasteiger partial charge on any atom is 0.419 e. The van der Waals surface area contributed by atoms with Gasteiger partial charge in [-0.25, -0.2) is 9.78 Å². The van der Waals surface area contributed by atoms with Gasteiger partial charge in [0.2, 0.25) is 0 Å². The minimum Gasteiger partial charge on any atom is -0.450 e. The zero-order valence-corrected chi connectivity index (χ0v) is 12.6. The van der Waals surface area contributed by atoms with Crippen LogP contribution in [0.4, 0.5) is 23.8 Å². The molecule has 1 saturated heterocycles. The summed E-state index contributed by atoms with van der Waals surface area (Å²) in [5.41, 5.74) is -0.955. The molecule has 0 N–H and O–H groups in total. The molecule has 0 saturated carbocycles. The highest BCUT2D eigenvalue weighted by Gasteiger charge is 2.34. The third-order valence-corrected chi connectivity index (χ3v) is 3.56. The average molecular weight is 338 g/mol. The van der Waals surface area contributed by atoms with Crippen LogP contribution in [0.25, 0.3) is 0 Å². The smallest absolute Gasteiger partial charge is 0.419 e. The van der Waals surface area contributed by atoms with Crippen LogP contribution in [-0.4, -0.2) is 48.8 Å². The number of hydrogen-bond donors (Lipinski definition) is 0. The third kappa shape index (κ3) is 3.73. The van der Waals surface area contributed by atoms with Crippen LogP contribution in [0.5, 0.6) is 0 Å². The van der Waals surface area contributed by atoms with Crippen molar-refractivity contribution in [2.75, 3.05) is 37.7 Å². The highest BCUT2D eigenvalue weighted by atomic mass is 35.5. The Morgan fingerprint density at radius 2 is 1.95 bits per heavy atom. The fourth-order valence-electron chi connectivity index (χ4n) is 2.15. The lowest BCUT2D eigenvalue weighted by Crippen LogP contribution is -2.49. The van der Waals surface area contributed by atoms with E-state index in [1.807, 2.05) is 0 Å². The predicted octanol–water partition coefficient (Wildman–Crippen LogP) is 3.03. The van der Waals surface area contributed by atoms with Gasteiger partial charge in [0.15, 0.2) is 0 Å². The Morgan fingerprint density at radius 1 is 1.32 bits per heavy atom. The zero-order chi connectivity index (χ0) is 16.3. The minimum atomic E-state index is -4.52. The largest absolute Gasteiger partial charge is 0.450 e. The van der Waals surface area contributed by atoms with Gasteiger partial charge in [0.05, 0.1) is 12.2 Å². The first-order chi connectivity index (χ1) is 10.3. The number of pyridine rings is 1. The molecule has 1 aliphatic heterocycles. The van der Waals surface area contributed by atoms with Crippen LogP contribution < -0.4 is 4.90 Å². The number of halogens is 4. The Kier molecular flexibility index (Phi) is 5.00. The lowest BCUT2D eigenvalue weighted by Gasteiger charge is -2.34. The van der Waals surface area contributed by atoms with E-state index in [4.69, 9.17) is 16.3 Å². The van der Waals surface area contributed by atoms with E-state index >= 15 is 0 Å². The molecular formula is C13H15ClF3N3O2. The molecule has 5 nitrogen and oxygen atoms in total. The van der Waals surface area contributed by atoms with Crippen molar-refractivity contribution >= 4 is 23.5 Å². The minimum absolute atomic E-state index is 0.301. The molecule has 1 aliphatic rings. The van der Waals surface area contributed by atoms with E-state index in [0.29, 0.717) is 38.6 Å². The number of piperazine rings is 1. The van der Waals surface area contributed by atoms with Crippen molar-refractivity contribution in [2.24, 2.45) is 0 Å². The molecular weight excluding hydrogens is 323 g/mol. The van der Waals surface area contributed by atoms with Gasteiger partial charge in [-0.1, -0.05) is 11.6 Å². The number of anilines is 1. The van der Waals surface area contributed by atoms with E-state index in [-0.39, 0.29) is 6.09 Å². The first-order valence-electron chi connectivity index (χ1n) is 6.73. The van der Waals surface area contributed by atoms with Crippen molar-refractivity contribution in [3.63, 3.8) is 0 Å². The summed E-state index contributed by atoms with van der Waals surface area (Å²) >= 11 is 5.61. The highest BCUT2D eigenvalue weighted by Crippen LogP contribution is 2.34. The molecule has 0 radical (unpaired) electrons. The number of carbonyl (C=O) groups excluding carboxylic acids is 1. The monoisotopic (exact) mass is 337 g/mol. The highest BCUT2D eigenvalue weighted by molar-refractivity contribution is 6.30. The van der Waals surface area contributed by atoms with Gasteiger partial charge in [-0.2, -0.15) is 13.2 Å². The lowest BCUT2D eigenvalue weighted by atomic mass is 10.2. The second-order valence-electron chi connectivity index (χ2n) is 4.68.